The largest absolute Gasteiger partial charge is 0.478 e. The summed E-state index contributed by atoms with van der Waals surface area (Å²) in [6, 6.07) is 2.23. The van der Waals surface area contributed by atoms with Crippen molar-refractivity contribution in [1.29, 1.82) is 0 Å². The fourth-order valence-corrected chi connectivity index (χ4v) is 2.39. The van der Waals surface area contributed by atoms with Crippen molar-refractivity contribution in [1.82, 2.24) is 4.98 Å². The molecule has 0 aliphatic heterocycles. The first-order chi connectivity index (χ1) is 9.13. The van der Waals surface area contributed by atoms with Crippen LogP contribution in [-0.2, 0) is 0 Å². The van der Waals surface area contributed by atoms with Crippen LogP contribution in [0.4, 0.5) is 5.69 Å². The van der Waals surface area contributed by atoms with Crippen molar-refractivity contribution in [3.63, 3.8) is 0 Å². The van der Waals surface area contributed by atoms with Gasteiger partial charge in [-0.3, -0.25) is 4.98 Å². The third-order valence-corrected chi connectivity index (χ3v) is 3.63. The average Bonchev–Trinajstić information content (AvgIpc) is 2.31. The van der Waals surface area contributed by atoms with Crippen LogP contribution in [0.3, 0.4) is 0 Å². The number of aliphatic hydroxyl groups excluding tert-OH is 1. The van der Waals surface area contributed by atoms with Crippen molar-refractivity contribution < 1.29 is 15.0 Å². The standard InChI is InChI=1S/C14H20N2O3/c1-10-8-13(12(9-15-10)14(18)19)16(6-3-7-17)11-4-2-5-11/h8-9,11,17H,2-7H2,1H3,(H,18,19). The molecule has 1 aliphatic carbocycles. The minimum absolute atomic E-state index is 0.121. The van der Waals surface area contributed by atoms with Crippen molar-refractivity contribution >= 4 is 11.7 Å². The zero-order valence-electron chi connectivity index (χ0n) is 11.2. The highest BCUT2D eigenvalue weighted by molar-refractivity contribution is 5.94. The number of carboxylic acids is 1. The predicted molar refractivity (Wildman–Crippen MR) is 72.6 cm³/mol. The van der Waals surface area contributed by atoms with Gasteiger partial charge in [-0.05, 0) is 38.7 Å². The maximum absolute atomic E-state index is 11.3. The Morgan fingerprint density at radius 3 is 2.79 bits per heavy atom. The number of aryl methyl sites for hydroxylation is 1. The Kier molecular flexibility index (Phi) is 4.37. The fourth-order valence-electron chi connectivity index (χ4n) is 2.39. The number of aliphatic hydroxyl groups is 1. The summed E-state index contributed by atoms with van der Waals surface area (Å²) < 4.78 is 0. The summed E-state index contributed by atoms with van der Waals surface area (Å²) in [6.07, 6.45) is 5.44. The molecule has 0 atom stereocenters. The molecule has 1 heterocycles. The Bertz CT molecular complexity index is 458. The third kappa shape index (κ3) is 3.04. The highest BCUT2D eigenvalue weighted by atomic mass is 16.4. The molecule has 2 N–H and O–H groups in total. The van der Waals surface area contributed by atoms with E-state index in [9.17, 15) is 9.90 Å². The Morgan fingerprint density at radius 2 is 2.26 bits per heavy atom. The number of pyridine rings is 1. The second-order valence-corrected chi connectivity index (χ2v) is 5.00. The molecule has 0 spiro atoms. The van der Waals surface area contributed by atoms with Crippen molar-refractivity contribution in [2.45, 2.75) is 38.6 Å². The van der Waals surface area contributed by atoms with Gasteiger partial charge in [0.05, 0.1) is 5.69 Å². The molecule has 0 bridgehead atoms. The monoisotopic (exact) mass is 264 g/mol. The maximum atomic E-state index is 11.3. The first kappa shape index (κ1) is 13.8. The molecule has 0 unspecified atom stereocenters. The molecule has 0 saturated heterocycles. The molecule has 1 aromatic rings. The zero-order chi connectivity index (χ0) is 13.8. The quantitative estimate of drug-likeness (QED) is 0.820. The molecule has 1 aliphatic rings. The van der Waals surface area contributed by atoms with Crippen molar-refractivity contribution in [2.24, 2.45) is 0 Å². The van der Waals surface area contributed by atoms with Gasteiger partial charge < -0.3 is 15.1 Å². The molecular weight excluding hydrogens is 244 g/mol. The highest BCUT2D eigenvalue weighted by Crippen LogP contribution is 2.32. The lowest BCUT2D eigenvalue weighted by Crippen LogP contribution is -2.42. The van der Waals surface area contributed by atoms with Gasteiger partial charge in [-0.15, -0.1) is 0 Å². The number of rotatable bonds is 6. The van der Waals surface area contributed by atoms with Crippen LogP contribution in [0, 0.1) is 6.92 Å². The SMILES string of the molecule is Cc1cc(N(CCCO)C2CCC2)c(C(=O)O)cn1. The van der Waals surface area contributed by atoms with Crippen molar-refractivity contribution in [3.05, 3.63) is 23.5 Å². The smallest absolute Gasteiger partial charge is 0.339 e. The number of hydrogen-bond donors (Lipinski definition) is 2. The Balaban J connectivity index is 2.33. The van der Waals surface area contributed by atoms with Gasteiger partial charge >= 0.3 is 5.97 Å². The summed E-state index contributed by atoms with van der Waals surface area (Å²) in [6.45, 7) is 2.67. The first-order valence-corrected chi connectivity index (χ1v) is 6.71. The summed E-state index contributed by atoms with van der Waals surface area (Å²) in [5.74, 6) is -0.948. The normalized spacial score (nSPS) is 15.1. The van der Waals surface area contributed by atoms with Gasteiger partial charge in [0.2, 0.25) is 0 Å². The summed E-state index contributed by atoms with van der Waals surface area (Å²) in [5.41, 5.74) is 1.79. The van der Waals surface area contributed by atoms with E-state index in [1.54, 1.807) is 0 Å². The van der Waals surface area contributed by atoms with E-state index in [1.807, 2.05) is 13.0 Å². The summed E-state index contributed by atoms with van der Waals surface area (Å²) in [7, 11) is 0. The van der Waals surface area contributed by atoms with Crippen LogP contribution in [0.5, 0.6) is 0 Å². The first-order valence-electron chi connectivity index (χ1n) is 6.71. The third-order valence-electron chi connectivity index (χ3n) is 3.63. The Hall–Kier alpha value is -1.62. The number of carboxylic acid groups (broad SMARTS) is 1. The number of carbonyl (C=O) groups is 1. The molecule has 0 amide bonds. The van der Waals surface area contributed by atoms with E-state index in [-0.39, 0.29) is 12.2 Å². The molecule has 19 heavy (non-hydrogen) atoms. The van der Waals surface area contributed by atoms with E-state index >= 15 is 0 Å². The summed E-state index contributed by atoms with van der Waals surface area (Å²) in [5, 5.41) is 18.3. The molecule has 1 saturated carbocycles. The summed E-state index contributed by atoms with van der Waals surface area (Å²) >= 11 is 0. The molecule has 104 valence electrons. The molecule has 1 fully saturated rings. The maximum Gasteiger partial charge on any atom is 0.339 e. The lowest BCUT2D eigenvalue weighted by atomic mass is 9.90. The van der Waals surface area contributed by atoms with Crippen LogP contribution < -0.4 is 4.90 Å². The van der Waals surface area contributed by atoms with E-state index in [4.69, 9.17) is 5.11 Å². The van der Waals surface area contributed by atoms with Crippen LogP contribution in [-0.4, -0.2) is 40.4 Å². The van der Waals surface area contributed by atoms with E-state index in [1.165, 1.54) is 12.6 Å². The molecular formula is C14H20N2O3. The summed E-state index contributed by atoms with van der Waals surface area (Å²) in [4.78, 5) is 17.5. The van der Waals surface area contributed by atoms with Crippen LogP contribution in [0.25, 0.3) is 0 Å². The number of anilines is 1. The minimum Gasteiger partial charge on any atom is -0.478 e. The molecule has 1 aromatic heterocycles. The topological polar surface area (TPSA) is 73.7 Å². The van der Waals surface area contributed by atoms with Crippen LogP contribution in [0.1, 0.15) is 41.7 Å². The van der Waals surface area contributed by atoms with Crippen LogP contribution in [0.2, 0.25) is 0 Å². The van der Waals surface area contributed by atoms with Crippen molar-refractivity contribution in [2.75, 3.05) is 18.1 Å². The van der Waals surface area contributed by atoms with Gasteiger partial charge in [-0.2, -0.15) is 0 Å². The Morgan fingerprint density at radius 1 is 1.53 bits per heavy atom. The predicted octanol–water partition coefficient (Wildman–Crippen LogP) is 1.83. The van der Waals surface area contributed by atoms with E-state index < -0.39 is 5.97 Å². The zero-order valence-corrected chi connectivity index (χ0v) is 11.2. The minimum atomic E-state index is -0.948. The van der Waals surface area contributed by atoms with Gasteiger partial charge in [-0.25, -0.2) is 4.79 Å². The van der Waals surface area contributed by atoms with Gasteiger partial charge in [0.15, 0.2) is 0 Å². The lowest BCUT2D eigenvalue weighted by Gasteiger charge is -2.40. The van der Waals surface area contributed by atoms with Gasteiger partial charge in [-0.1, -0.05) is 0 Å². The molecule has 0 aromatic carbocycles. The number of nitrogens with zero attached hydrogens (tertiary/aromatic N) is 2. The average molecular weight is 264 g/mol. The van der Waals surface area contributed by atoms with Crippen molar-refractivity contribution in [3.8, 4) is 0 Å². The molecule has 0 radical (unpaired) electrons. The van der Waals surface area contributed by atoms with Gasteiger partial charge in [0.1, 0.15) is 5.56 Å². The highest BCUT2D eigenvalue weighted by Gasteiger charge is 2.27. The fraction of sp³-hybridized carbons (Fsp3) is 0.571. The van der Waals surface area contributed by atoms with Gasteiger partial charge in [0, 0.05) is 31.1 Å². The van der Waals surface area contributed by atoms with E-state index in [0.717, 1.165) is 24.2 Å². The van der Waals surface area contributed by atoms with Gasteiger partial charge in [0.25, 0.3) is 0 Å². The van der Waals surface area contributed by atoms with E-state index in [0.29, 0.717) is 19.0 Å². The number of hydrogen-bond acceptors (Lipinski definition) is 4. The molecule has 5 nitrogen and oxygen atoms in total. The molecule has 2 rings (SSSR count). The lowest BCUT2D eigenvalue weighted by molar-refractivity contribution is 0.0697. The number of aromatic nitrogens is 1. The number of aromatic carboxylic acids is 1. The van der Waals surface area contributed by atoms with Crippen LogP contribution in [0.15, 0.2) is 12.3 Å². The Labute approximate surface area is 112 Å². The molecule has 5 heteroatoms. The second-order valence-electron chi connectivity index (χ2n) is 5.00. The van der Waals surface area contributed by atoms with Crippen LogP contribution >= 0.6 is 0 Å². The second kappa shape index (κ2) is 6.02. The van der Waals surface area contributed by atoms with E-state index in [2.05, 4.69) is 9.88 Å².